The lowest BCUT2D eigenvalue weighted by molar-refractivity contribution is -0.385. The summed E-state index contributed by atoms with van der Waals surface area (Å²) in [6, 6.07) is 1.59. The Bertz CT molecular complexity index is 614. The molecule has 0 atom stereocenters. The average Bonchev–Trinajstić information content (AvgIpc) is 2.97. The Kier molecular flexibility index (Phi) is 3.75. The fourth-order valence-corrected chi connectivity index (χ4v) is 1.58. The third-order valence-corrected chi connectivity index (χ3v) is 2.36. The van der Waals surface area contributed by atoms with Gasteiger partial charge in [-0.05, 0) is 0 Å². The van der Waals surface area contributed by atoms with E-state index in [1.165, 1.54) is 7.11 Å². The standard InChI is InChI=1S/C10H10N4O6/c1-19-5-7-2-6(12-20-7)3-13-4-8(14(17)18)9(11-13)10(15)16/h2,4H,3,5H2,1H3,(H,15,16). The van der Waals surface area contributed by atoms with Crippen LogP contribution in [-0.4, -0.2) is 38.0 Å². The minimum Gasteiger partial charge on any atom is -0.476 e. The first-order valence-corrected chi connectivity index (χ1v) is 5.39. The molecule has 0 aliphatic heterocycles. The highest BCUT2D eigenvalue weighted by atomic mass is 16.6. The molecule has 0 saturated heterocycles. The first kappa shape index (κ1) is 13.7. The van der Waals surface area contributed by atoms with E-state index in [4.69, 9.17) is 14.4 Å². The van der Waals surface area contributed by atoms with E-state index in [-0.39, 0.29) is 13.2 Å². The minimum absolute atomic E-state index is 0.0569. The SMILES string of the molecule is COCc1cc(Cn2cc([N+](=O)[O-])c(C(=O)O)n2)no1. The molecule has 0 aromatic carbocycles. The molecule has 10 nitrogen and oxygen atoms in total. The monoisotopic (exact) mass is 282 g/mol. The molecule has 10 heteroatoms. The largest absolute Gasteiger partial charge is 0.476 e. The second-order valence-electron chi connectivity index (χ2n) is 3.84. The fourth-order valence-electron chi connectivity index (χ4n) is 1.58. The van der Waals surface area contributed by atoms with Crippen molar-refractivity contribution in [2.24, 2.45) is 0 Å². The summed E-state index contributed by atoms with van der Waals surface area (Å²) in [7, 11) is 1.50. The highest BCUT2D eigenvalue weighted by molar-refractivity contribution is 5.89. The van der Waals surface area contributed by atoms with Crippen LogP contribution in [0, 0.1) is 10.1 Å². The van der Waals surface area contributed by atoms with Crippen LogP contribution in [0.5, 0.6) is 0 Å². The van der Waals surface area contributed by atoms with Gasteiger partial charge in [0.1, 0.15) is 18.5 Å². The molecule has 2 aromatic heterocycles. The van der Waals surface area contributed by atoms with E-state index < -0.39 is 22.3 Å². The summed E-state index contributed by atoms with van der Waals surface area (Å²) >= 11 is 0. The molecule has 0 radical (unpaired) electrons. The molecule has 2 aromatic rings. The van der Waals surface area contributed by atoms with Gasteiger partial charge in [-0.15, -0.1) is 0 Å². The van der Waals surface area contributed by atoms with E-state index in [2.05, 4.69) is 10.3 Å². The predicted molar refractivity (Wildman–Crippen MR) is 62.2 cm³/mol. The molecule has 0 bridgehead atoms. The number of carboxylic acid groups (broad SMARTS) is 1. The van der Waals surface area contributed by atoms with E-state index >= 15 is 0 Å². The Balaban J connectivity index is 2.22. The van der Waals surface area contributed by atoms with Crippen LogP contribution in [0.3, 0.4) is 0 Å². The summed E-state index contributed by atoms with van der Waals surface area (Å²) in [5.41, 5.74) is -0.736. The van der Waals surface area contributed by atoms with Gasteiger partial charge in [0.05, 0.1) is 11.5 Å². The highest BCUT2D eigenvalue weighted by Crippen LogP contribution is 2.17. The molecule has 2 heterocycles. The van der Waals surface area contributed by atoms with Crippen LogP contribution in [0.1, 0.15) is 21.9 Å². The Morgan fingerprint density at radius 1 is 1.65 bits per heavy atom. The van der Waals surface area contributed by atoms with Gasteiger partial charge in [0.15, 0.2) is 5.76 Å². The van der Waals surface area contributed by atoms with Gasteiger partial charge in [0, 0.05) is 13.2 Å². The number of aromatic carboxylic acids is 1. The number of carbonyl (C=O) groups is 1. The van der Waals surface area contributed by atoms with Gasteiger partial charge in [-0.1, -0.05) is 5.16 Å². The Morgan fingerprint density at radius 3 is 2.95 bits per heavy atom. The van der Waals surface area contributed by atoms with Crippen molar-refractivity contribution in [1.29, 1.82) is 0 Å². The van der Waals surface area contributed by atoms with Crippen molar-refractivity contribution in [3.8, 4) is 0 Å². The van der Waals surface area contributed by atoms with Gasteiger partial charge in [-0.2, -0.15) is 5.10 Å². The summed E-state index contributed by atoms with van der Waals surface area (Å²) in [6.45, 7) is 0.300. The van der Waals surface area contributed by atoms with Gasteiger partial charge < -0.3 is 14.4 Å². The maximum Gasteiger partial charge on any atom is 0.363 e. The molecule has 20 heavy (non-hydrogen) atoms. The average molecular weight is 282 g/mol. The van der Waals surface area contributed by atoms with Crippen LogP contribution in [0.4, 0.5) is 5.69 Å². The van der Waals surface area contributed by atoms with Crippen LogP contribution < -0.4 is 0 Å². The third-order valence-electron chi connectivity index (χ3n) is 2.36. The quantitative estimate of drug-likeness (QED) is 0.603. The van der Waals surface area contributed by atoms with Crippen molar-refractivity contribution in [2.75, 3.05) is 7.11 Å². The van der Waals surface area contributed by atoms with Crippen molar-refractivity contribution >= 4 is 11.7 Å². The zero-order valence-corrected chi connectivity index (χ0v) is 10.3. The first-order chi connectivity index (χ1) is 9.51. The summed E-state index contributed by atoms with van der Waals surface area (Å²) in [5.74, 6) is -0.974. The molecule has 0 fully saturated rings. The highest BCUT2D eigenvalue weighted by Gasteiger charge is 2.25. The maximum atomic E-state index is 10.9. The summed E-state index contributed by atoms with van der Waals surface area (Å²) in [6.07, 6.45) is 1.04. The molecule has 0 spiro atoms. The summed E-state index contributed by atoms with van der Waals surface area (Å²) in [4.78, 5) is 20.8. The fraction of sp³-hybridized carbons (Fsp3) is 0.300. The van der Waals surface area contributed by atoms with E-state index in [1.54, 1.807) is 6.07 Å². The van der Waals surface area contributed by atoms with Gasteiger partial charge in [-0.25, -0.2) is 4.79 Å². The zero-order valence-electron chi connectivity index (χ0n) is 10.3. The minimum atomic E-state index is -1.46. The van der Waals surface area contributed by atoms with Crippen LogP contribution in [0.25, 0.3) is 0 Å². The maximum absolute atomic E-state index is 10.9. The second kappa shape index (κ2) is 5.48. The van der Waals surface area contributed by atoms with Crippen LogP contribution in [0.15, 0.2) is 16.8 Å². The van der Waals surface area contributed by atoms with Crippen molar-refractivity contribution in [1.82, 2.24) is 14.9 Å². The molecule has 2 rings (SSSR count). The van der Waals surface area contributed by atoms with Crippen molar-refractivity contribution in [3.63, 3.8) is 0 Å². The smallest absolute Gasteiger partial charge is 0.363 e. The van der Waals surface area contributed by atoms with Crippen molar-refractivity contribution in [3.05, 3.63) is 39.5 Å². The Labute approximate surface area is 111 Å². The third kappa shape index (κ3) is 2.80. The van der Waals surface area contributed by atoms with Crippen LogP contribution in [0.2, 0.25) is 0 Å². The van der Waals surface area contributed by atoms with Gasteiger partial charge in [-0.3, -0.25) is 14.8 Å². The summed E-state index contributed by atoms with van der Waals surface area (Å²) < 4.78 is 10.9. The number of nitrogens with zero attached hydrogens (tertiary/aromatic N) is 4. The van der Waals surface area contributed by atoms with Crippen molar-refractivity contribution in [2.45, 2.75) is 13.2 Å². The Morgan fingerprint density at radius 2 is 2.40 bits per heavy atom. The van der Waals surface area contributed by atoms with E-state index in [0.29, 0.717) is 11.5 Å². The molecule has 106 valence electrons. The number of hydrogen-bond donors (Lipinski definition) is 1. The lowest BCUT2D eigenvalue weighted by atomic mass is 10.3. The molecule has 0 aliphatic carbocycles. The molecule has 0 amide bonds. The van der Waals surface area contributed by atoms with Crippen molar-refractivity contribution < 1.29 is 24.1 Å². The lowest BCUT2D eigenvalue weighted by Gasteiger charge is -1.94. The van der Waals surface area contributed by atoms with Gasteiger partial charge in [0.2, 0.25) is 5.69 Å². The van der Waals surface area contributed by atoms with E-state index in [9.17, 15) is 14.9 Å². The number of hydrogen-bond acceptors (Lipinski definition) is 7. The molecule has 0 saturated carbocycles. The summed E-state index contributed by atoms with van der Waals surface area (Å²) in [5, 5.41) is 26.9. The topological polar surface area (TPSA) is 134 Å². The predicted octanol–water partition coefficient (Wildman–Crippen LogP) is 0.672. The van der Waals surface area contributed by atoms with Gasteiger partial charge >= 0.3 is 11.7 Å². The first-order valence-electron chi connectivity index (χ1n) is 5.39. The number of carboxylic acids is 1. The zero-order chi connectivity index (χ0) is 14.7. The number of rotatable bonds is 6. The molecule has 0 unspecified atom stereocenters. The number of nitro groups is 1. The van der Waals surface area contributed by atoms with Gasteiger partial charge in [0.25, 0.3) is 0 Å². The lowest BCUT2D eigenvalue weighted by Crippen LogP contribution is -2.04. The van der Waals surface area contributed by atoms with Crippen LogP contribution >= 0.6 is 0 Å². The number of methoxy groups -OCH3 is 1. The van der Waals surface area contributed by atoms with E-state index in [0.717, 1.165) is 10.9 Å². The number of aromatic nitrogens is 3. The second-order valence-corrected chi connectivity index (χ2v) is 3.84. The Hall–Kier alpha value is -2.75. The molecule has 0 aliphatic rings. The molecule has 1 N–H and O–H groups in total. The normalized spacial score (nSPS) is 10.7. The van der Waals surface area contributed by atoms with Crippen LogP contribution in [-0.2, 0) is 17.9 Å². The number of ether oxygens (including phenoxy) is 1. The van der Waals surface area contributed by atoms with E-state index in [1.807, 2.05) is 0 Å². The molecular weight excluding hydrogens is 272 g/mol. The molecular formula is C10H10N4O6.